The molecule has 0 fully saturated rings. The van der Waals surface area contributed by atoms with E-state index in [1.807, 2.05) is 30.3 Å². The van der Waals surface area contributed by atoms with Crippen molar-refractivity contribution in [3.05, 3.63) is 36.5 Å². The van der Waals surface area contributed by atoms with Crippen molar-refractivity contribution in [1.29, 1.82) is 0 Å². The van der Waals surface area contributed by atoms with E-state index < -0.39 is 0 Å². The van der Waals surface area contributed by atoms with E-state index in [1.165, 1.54) is 4.68 Å². The lowest BCUT2D eigenvalue weighted by Crippen LogP contribution is -1.87. The standard InChI is InChI=1S/C8H7N2/c9-10-6-5-7-3-1-2-4-8(7)10/h1-6,9H. The first-order chi connectivity index (χ1) is 4.88. The molecule has 0 aliphatic carbocycles. The Morgan fingerprint density at radius 3 is 2.70 bits per heavy atom. The molecule has 1 aromatic carbocycles. The number of para-hydroxylation sites is 1. The Kier molecular flexibility index (Phi) is 0.947. The number of benzene rings is 1. The molecule has 0 aliphatic rings. The number of nitrogens with one attached hydrogen (secondary N) is 1. The fourth-order valence-electron chi connectivity index (χ4n) is 1.08. The Morgan fingerprint density at radius 1 is 1.10 bits per heavy atom. The van der Waals surface area contributed by atoms with Crippen LogP contribution in [0.3, 0.4) is 0 Å². The second-order valence-electron chi connectivity index (χ2n) is 2.24. The minimum atomic E-state index is 0.961. The van der Waals surface area contributed by atoms with E-state index in [0.29, 0.717) is 0 Å². The quantitative estimate of drug-likeness (QED) is 0.520. The zero-order valence-corrected chi connectivity index (χ0v) is 5.41. The molecule has 0 saturated carbocycles. The van der Waals surface area contributed by atoms with E-state index in [9.17, 15) is 0 Å². The SMILES string of the molecule is [NH]n1ccc2ccccc21. The second-order valence-corrected chi connectivity index (χ2v) is 2.24. The van der Waals surface area contributed by atoms with Crippen LogP contribution in [0.5, 0.6) is 0 Å². The molecule has 0 unspecified atom stereocenters. The molecule has 0 atom stereocenters. The van der Waals surface area contributed by atoms with Crippen molar-refractivity contribution in [3.8, 4) is 0 Å². The summed E-state index contributed by atoms with van der Waals surface area (Å²) in [5, 5.41) is 1.12. The molecule has 0 amide bonds. The van der Waals surface area contributed by atoms with Crippen molar-refractivity contribution in [3.63, 3.8) is 0 Å². The monoisotopic (exact) mass is 131 g/mol. The fourth-order valence-corrected chi connectivity index (χ4v) is 1.08. The fraction of sp³-hybridized carbons (Fsp3) is 0. The largest absolute Gasteiger partial charge is 0.248 e. The van der Waals surface area contributed by atoms with Crippen LogP contribution in [0.15, 0.2) is 36.5 Å². The van der Waals surface area contributed by atoms with E-state index in [-0.39, 0.29) is 0 Å². The summed E-state index contributed by atoms with van der Waals surface area (Å²) in [6.45, 7) is 0. The molecule has 1 N–H and O–H groups in total. The van der Waals surface area contributed by atoms with Gasteiger partial charge in [-0.15, -0.1) is 0 Å². The maximum absolute atomic E-state index is 7.36. The average molecular weight is 131 g/mol. The second kappa shape index (κ2) is 1.77. The van der Waals surface area contributed by atoms with E-state index in [1.54, 1.807) is 6.20 Å². The third-order valence-corrected chi connectivity index (χ3v) is 1.60. The molecule has 10 heavy (non-hydrogen) atoms. The highest BCUT2D eigenvalue weighted by atomic mass is 15.3. The normalized spacial score (nSPS) is 10.4. The van der Waals surface area contributed by atoms with Crippen LogP contribution in [-0.4, -0.2) is 4.68 Å². The van der Waals surface area contributed by atoms with Gasteiger partial charge in [0.15, 0.2) is 0 Å². The van der Waals surface area contributed by atoms with Gasteiger partial charge in [0.25, 0.3) is 0 Å². The van der Waals surface area contributed by atoms with Crippen molar-refractivity contribution in [2.45, 2.75) is 0 Å². The van der Waals surface area contributed by atoms with Gasteiger partial charge in [-0.3, -0.25) is 0 Å². The van der Waals surface area contributed by atoms with E-state index in [0.717, 1.165) is 10.9 Å². The zero-order chi connectivity index (χ0) is 6.97. The van der Waals surface area contributed by atoms with Crippen LogP contribution in [0.4, 0.5) is 0 Å². The number of nitrogens with zero attached hydrogens (tertiary/aromatic N) is 1. The van der Waals surface area contributed by atoms with Crippen LogP contribution in [0.2, 0.25) is 0 Å². The lowest BCUT2D eigenvalue weighted by molar-refractivity contribution is 0.884. The summed E-state index contributed by atoms with van der Waals surface area (Å²) in [7, 11) is 0. The minimum Gasteiger partial charge on any atom is -0.248 e. The summed E-state index contributed by atoms with van der Waals surface area (Å²) >= 11 is 0. The Hall–Kier alpha value is -1.44. The molecule has 2 aromatic rings. The molecule has 2 nitrogen and oxygen atoms in total. The van der Waals surface area contributed by atoms with Crippen LogP contribution in [0.1, 0.15) is 0 Å². The molecule has 1 radical (unpaired) electrons. The van der Waals surface area contributed by atoms with Crippen LogP contribution in [0.25, 0.3) is 10.9 Å². The van der Waals surface area contributed by atoms with Gasteiger partial charge in [0.2, 0.25) is 0 Å². The average Bonchev–Trinajstić information content (AvgIpc) is 2.34. The van der Waals surface area contributed by atoms with Crippen molar-refractivity contribution >= 4 is 10.9 Å². The number of aromatic nitrogens is 1. The molecule has 1 aromatic heterocycles. The summed E-state index contributed by atoms with van der Waals surface area (Å²) in [6, 6.07) is 9.78. The van der Waals surface area contributed by atoms with E-state index >= 15 is 0 Å². The highest BCUT2D eigenvalue weighted by molar-refractivity contribution is 5.79. The first-order valence-electron chi connectivity index (χ1n) is 3.15. The van der Waals surface area contributed by atoms with Gasteiger partial charge in [-0.25, -0.2) is 10.5 Å². The molecular formula is C8H7N2. The summed E-state index contributed by atoms with van der Waals surface area (Å²) in [5.74, 6) is 7.36. The van der Waals surface area contributed by atoms with E-state index in [4.69, 9.17) is 5.84 Å². The molecule has 49 valence electrons. The van der Waals surface area contributed by atoms with Gasteiger partial charge in [0.05, 0.1) is 5.52 Å². The van der Waals surface area contributed by atoms with Gasteiger partial charge in [0, 0.05) is 11.6 Å². The summed E-state index contributed by atoms with van der Waals surface area (Å²) in [5.41, 5.74) is 0.961. The van der Waals surface area contributed by atoms with Gasteiger partial charge in [-0.05, 0) is 12.1 Å². The van der Waals surface area contributed by atoms with Crippen molar-refractivity contribution < 1.29 is 0 Å². The van der Waals surface area contributed by atoms with Gasteiger partial charge in [-0.2, -0.15) is 0 Å². The first-order valence-corrected chi connectivity index (χ1v) is 3.15. The van der Waals surface area contributed by atoms with Crippen LogP contribution in [-0.2, 0) is 0 Å². The maximum atomic E-state index is 7.36. The van der Waals surface area contributed by atoms with Crippen LogP contribution < -0.4 is 5.84 Å². The summed E-state index contributed by atoms with van der Waals surface area (Å²) < 4.78 is 1.37. The molecule has 1 heterocycles. The van der Waals surface area contributed by atoms with Gasteiger partial charge in [-0.1, -0.05) is 18.2 Å². The lowest BCUT2D eigenvalue weighted by atomic mass is 10.3. The highest BCUT2D eigenvalue weighted by Gasteiger charge is 1.93. The number of fused-ring (bicyclic) bond motifs is 1. The van der Waals surface area contributed by atoms with Gasteiger partial charge >= 0.3 is 0 Å². The molecule has 0 spiro atoms. The molecular weight excluding hydrogens is 124 g/mol. The predicted octanol–water partition coefficient (Wildman–Crippen LogP) is 1.69. The van der Waals surface area contributed by atoms with Gasteiger partial charge < -0.3 is 0 Å². The Bertz CT molecular complexity index is 349. The third kappa shape index (κ3) is 0.589. The predicted molar refractivity (Wildman–Crippen MR) is 40.4 cm³/mol. The zero-order valence-electron chi connectivity index (χ0n) is 5.41. The molecule has 2 rings (SSSR count). The number of hydrogen-bond donors (Lipinski definition) is 0. The Morgan fingerprint density at radius 2 is 1.90 bits per heavy atom. The topological polar surface area (TPSA) is 28.7 Å². The maximum Gasteiger partial charge on any atom is 0.0711 e. The van der Waals surface area contributed by atoms with E-state index in [2.05, 4.69) is 0 Å². The van der Waals surface area contributed by atoms with Crippen LogP contribution >= 0.6 is 0 Å². The molecule has 2 heteroatoms. The number of hydrogen-bond acceptors (Lipinski definition) is 0. The van der Waals surface area contributed by atoms with Crippen molar-refractivity contribution in [1.82, 2.24) is 10.5 Å². The van der Waals surface area contributed by atoms with Crippen molar-refractivity contribution in [2.24, 2.45) is 0 Å². The summed E-state index contributed by atoms with van der Waals surface area (Å²) in [4.78, 5) is 0. The Labute approximate surface area is 58.8 Å². The Balaban J connectivity index is 2.93. The van der Waals surface area contributed by atoms with Gasteiger partial charge in [0.1, 0.15) is 0 Å². The molecule has 0 aliphatic heterocycles. The van der Waals surface area contributed by atoms with Crippen molar-refractivity contribution in [2.75, 3.05) is 0 Å². The minimum absolute atomic E-state index is 0.961. The summed E-state index contributed by atoms with van der Waals surface area (Å²) in [6.07, 6.45) is 1.74. The lowest BCUT2D eigenvalue weighted by Gasteiger charge is -1.90. The third-order valence-electron chi connectivity index (χ3n) is 1.60. The first kappa shape index (κ1) is 5.35. The smallest absolute Gasteiger partial charge is 0.0711 e. The highest BCUT2D eigenvalue weighted by Crippen LogP contribution is 2.11. The van der Waals surface area contributed by atoms with Crippen LogP contribution in [0, 0.1) is 0 Å². The molecule has 0 saturated heterocycles. The number of rotatable bonds is 0. The molecule has 0 bridgehead atoms.